The number of rotatable bonds is 2. The molecule has 0 aromatic carbocycles. The van der Waals surface area contributed by atoms with Gasteiger partial charge in [-0.25, -0.2) is 5.11 Å². The van der Waals surface area contributed by atoms with Crippen molar-refractivity contribution in [3.63, 3.8) is 0 Å². The van der Waals surface area contributed by atoms with Gasteiger partial charge in [-0.1, -0.05) is 6.58 Å². The van der Waals surface area contributed by atoms with Crippen molar-refractivity contribution in [1.29, 1.82) is 0 Å². The third kappa shape index (κ3) is 1.89. The van der Waals surface area contributed by atoms with Crippen LogP contribution in [0.2, 0.25) is 0 Å². The van der Waals surface area contributed by atoms with Crippen molar-refractivity contribution in [2.24, 2.45) is 0 Å². The monoisotopic (exact) mass is 112 g/mol. The second-order valence-corrected chi connectivity index (χ2v) is 1.63. The highest BCUT2D eigenvalue weighted by Gasteiger charge is 2.09. The van der Waals surface area contributed by atoms with Gasteiger partial charge in [0, 0.05) is 0 Å². The van der Waals surface area contributed by atoms with Gasteiger partial charge < -0.3 is 0 Å². The summed E-state index contributed by atoms with van der Waals surface area (Å²) in [7, 11) is 0. The molecule has 0 aromatic rings. The van der Waals surface area contributed by atoms with Crippen LogP contribution in [-0.4, -0.2) is 11.9 Å². The van der Waals surface area contributed by atoms with E-state index in [9.17, 15) is 9.90 Å². The lowest BCUT2D eigenvalue weighted by Crippen LogP contribution is -2.14. The molecule has 0 heterocycles. The molecule has 1 unspecified atom stereocenters. The number of hydrogen-bond acceptors (Lipinski definition) is 1. The Hall–Kier alpha value is -0.630. The molecule has 44 valence electrons. The second kappa shape index (κ2) is 2.62. The average molecular weight is 112 g/mol. The first kappa shape index (κ1) is 7.37. The number of hydrogen-bond donors (Lipinski definition) is 0. The van der Waals surface area contributed by atoms with E-state index < -0.39 is 11.9 Å². The van der Waals surface area contributed by atoms with Gasteiger partial charge in [0.15, 0.2) is 11.9 Å². The van der Waals surface area contributed by atoms with E-state index in [-0.39, 0.29) is 5.57 Å². The number of carbonyl (C=O) groups excluding carboxylic acids is 1. The third-order valence-corrected chi connectivity index (χ3v) is 0.713. The summed E-state index contributed by atoms with van der Waals surface area (Å²) in [6, 6.07) is 0. The summed E-state index contributed by atoms with van der Waals surface area (Å²) in [6.45, 7) is 7.78. The highest BCUT2D eigenvalue weighted by Crippen LogP contribution is 1.94. The summed E-state index contributed by atoms with van der Waals surface area (Å²) >= 11 is 0. The minimum atomic E-state index is -1.40. The minimum Gasteiger partial charge on any atom is -0.291 e. The zero-order valence-corrected chi connectivity index (χ0v) is 4.81. The molecule has 0 amide bonds. The number of ketones is 1. The van der Waals surface area contributed by atoms with Crippen LogP contribution in [-0.2, 0) is 9.90 Å². The molecule has 2 heteroatoms. The predicted octanol–water partition coefficient (Wildman–Crippen LogP) is 0.765. The number of Topliss-reactive ketones (excluding diaryl/α,β-unsaturated/α-hetero) is 1. The van der Waals surface area contributed by atoms with Crippen molar-refractivity contribution in [3.8, 4) is 0 Å². The molecule has 0 N–H and O–H groups in total. The fourth-order valence-electron chi connectivity index (χ4n) is 0.275. The van der Waals surface area contributed by atoms with E-state index >= 15 is 0 Å². The fraction of sp³-hybridized carbons (Fsp3) is 0.333. The van der Waals surface area contributed by atoms with Gasteiger partial charge in [0.1, 0.15) is 0 Å². The van der Waals surface area contributed by atoms with Crippen LogP contribution in [0.1, 0.15) is 6.92 Å². The summed E-state index contributed by atoms with van der Waals surface area (Å²) in [6.07, 6.45) is -1.40. The zero-order valence-electron chi connectivity index (χ0n) is 4.81. The highest BCUT2D eigenvalue weighted by molar-refractivity contribution is 5.97. The molecular weight excluding hydrogens is 104 g/mol. The SMILES string of the molecule is [CH2]C([O])C(=O)C(=C)C. The van der Waals surface area contributed by atoms with Crippen LogP contribution >= 0.6 is 0 Å². The zero-order chi connectivity index (χ0) is 6.73. The molecule has 0 spiro atoms. The van der Waals surface area contributed by atoms with Crippen molar-refractivity contribution in [2.75, 3.05) is 0 Å². The molecule has 0 aromatic heterocycles. The van der Waals surface area contributed by atoms with Gasteiger partial charge in [0.2, 0.25) is 0 Å². The van der Waals surface area contributed by atoms with Crippen molar-refractivity contribution in [1.82, 2.24) is 0 Å². The molecule has 0 saturated carbocycles. The van der Waals surface area contributed by atoms with Crippen molar-refractivity contribution in [2.45, 2.75) is 13.0 Å². The molecule has 0 fully saturated rings. The Morgan fingerprint density at radius 1 is 1.62 bits per heavy atom. The summed E-state index contributed by atoms with van der Waals surface area (Å²) < 4.78 is 0. The van der Waals surface area contributed by atoms with Crippen LogP contribution in [0.4, 0.5) is 0 Å². The van der Waals surface area contributed by atoms with Gasteiger partial charge in [-0.2, -0.15) is 0 Å². The quantitative estimate of drug-likeness (QED) is 0.486. The van der Waals surface area contributed by atoms with E-state index in [2.05, 4.69) is 13.5 Å². The van der Waals surface area contributed by atoms with E-state index in [1.165, 1.54) is 6.92 Å². The van der Waals surface area contributed by atoms with Gasteiger partial charge >= 0.3 is 0 Å². The van der Waals surface area contributed by atoms with E-state index in [4.69, 9.17) is 0 Å². The molecule has 2 nitrogen and oxygen atoms in total. The lowest BCUT2D eigenvalue weighted by atomic mass is 10.1. The molecule has 2 radical (unpaired) electrons. The molecule has 0 rings (SSSR count). The first-order chi connectivity index (χ1) is 3.55. The summed E-state index contributed by atoms with van der Waals surface area (Å²) in [4.78, 5) is 10.4. The Morgan fingerprint density at radius 3 is 2.00 bits per heavy atom. The van der Waals surface area contributed by atoms with Crippen LogP contribution in [0.5, 0.6) is 0 Å². The normalized spacial score (nSPS) is 12.9. The average Bonchev–Trinajstić information content (AvgIpc) is 1.64. The van der Waals surface area contributed by atoms with Crippen molar-refractivity contribution >= 4 is 5.78 Å². The molecule has 0 aliphatic heterocycles. The van der Waals surface area contributed by atoms with E-state index in [1.54, 1.807) is 0 Å². The molecular formula is C6H8O2. The molecule has 0 aliphatic rings. The van der Waals surface area contributed by atoms with Gasteiger partial charge in [-0.05, 0) is 19.4 Å². The van der Waals surface area contributed by atoms with Crippen LogP contribution in [0.15, 0.2) is 12.2 Å². The molecule has 0 bridgehead atoms. The Labute approximate surface area is 48.8 Å². The highest BCUT2D eigenvalue weighted by atomic mass is 16.3. The topological polar surface area (TPSA) is 37.0 Å². The minimum absolute atomic E-state index is 0.278. The molecule has 8 heavy (non-hydrogen) atoms. The van der Waals surface area contributed by atoms with E-state index in [0.717, 1.165) is 0 Å². The van der Waals surface area contributed by atoms with Gasteiger partial charge in [0.25, 0.3) is 0 Å². The second-order valence-electron chi connectivity index (χ2n) is 1.63. The number of carbonyl (C=O) groups is 1. The summed E-state index contributed by atoms with van der Waals surface area (Å²) in [5.74, 6) is -0.509. The maximum Gasteiger partial charge on any atom is 0.190 e. The Balaban J connectivity index is 3.84. The first-order valence-corrected chi connectivity index (χ1v) is 2.24. The Kier molecular flexibility index (Phi) is 2.42. The van der Waals surface area contributed by atoms with Crippen molar-refractivity contribution in [3.05, 3.63) is 19.1 Å². The first-order valence-electron chi connectivity index (χ1n) is 2.24. The maximum atomic E-state index is 10.4. The molecule has 1 atom stereocenters. The Morgan fingerprint density at radius 2 is 2.00 bits per heavy atom. The van der Waals surface area contributed by atoms with E-state index in [1.807, 2.05) is 0 Å². The molecule has 0 saturated heterocycles. The Bertz CT molecular complexity index is 114. The standard InChI is InChI=1S/C6H8O2/c1-4(2)6(8)5(3)7/h5H,1,3H2,2H3. The predicted molar refractivity (Wildman–Crippen MR) is 29.7 cm³/mol. The van der Waals surface area contributed by atoms with Gasteiger partial charge in [-0.3, -0.25) is 4.79 Å². The van der Waals surface area contributed by atoms with Gasteiger partial charge in [-0.15, -0.1) is 0 Å². The smallest absolute Gasteiger partial charge is 0.190 e. The van der Waals surface area contributed by atoms with Crippen LogP contribution in [0.3, 0.4) is 0 Å². The third-order valence-electron chi connectivity index (χ3n) is 0.713. The van der Waals surface area contributed by atoms with E-state index in [0.29, 0.717) is 0 Å². The fourth-order valence-corrected chi connectivity index (χ4v) is 0.275. The van der Waals surface area contributed by atoms with Crippen molar-refractivity contribution < 1.29 is 9.90 Å². The summed E-state index contributed by atoms with van der Waals surface area (Å²) in [5, 5.41) is 10.1. The van der Waals surface area contributed by atoms with Crippen LogP contribution in [0.25, 0.3) is 0 Å². The molecule has 0 aliphatic carbocycles. The summed E-state index contributed by atoms with van der Waals surface area (Å²) in [5.41, 5.74) is 0.278. The lowest BCUT2D eigenvalue weighted by molar-refractivity contribution is -0.123. The lowest BCUT2D eigenvalue weighted by Gasteiger charge is -1.96. The maximum absolute atomic E-state index is 10.4. The largest absolute Gasteiger partial charge is 0.291 e. The van der Waals surface area contributed by atoms with Crippen LogP contribution in [0, 0.1) is 6.92 Å². The van der Waals surface area contributed by atoms with Gasteiger partial charge in [0.05, 0.1) is 0 Å². The van der Waals surface area contributed by atoms with Crippen LogP contribution < -0.4 is 0 Å².